The lowest BCUT2D eigenvalue weighted by molar-refractivity contribution is -0.115. The van der Waals surface area contributed by atoms with Gasteiger partial charge in [0, 0.05) is 23.9 Å². The molecule has 0 aliphatic rings. The van der Waals surface area contributed by atoms with Crippen LogP contribution < -0.4 is 11.1 Å². The standard InChI is InChI=1S/C22H18N6OS/c1-14-5-7-15(8-6-14)20-16(12-23)21(25)28-22(17(20)13-24)30-11-9-19(29)27-18-4-2-3-10-26-18/h2-8,10H,9,11H2,1H3,(H2,25,28)(H,26,27,29). The predicted molar refractivity (Wildman–Crippen MR) is 116 cm³/mol. The molecule has 1 amide bonds. The van der Waals surface area contributed by atoms with Gasteiger partial charge in [-0.3, -0.25) is 4.79 Å². The molecule has 0 unspecified atom stereocenters. The van der Waals surface area contributed by atoms with E-state index in [0.717, 1.165) is 11.1 Å². The van der Waals surface area contributed by atoms with Gasteiger partial charge in [-0.25, -0.2) is 9.97 Å². The summed E-state index contributed by atoms with van der Waals surface area (Å²) in [6, 6.07) is 17.0. The molecule has 8 heteroatoms. The van der Waals surface area contributed by atoms with Gasteiger partial charge < -0.3 is 11.1 Å². The van der Waals surface area contributed by atoms with Crippen LogP contribution in [0.1, 0.15) is 23.1 Å². The van der Waals surface area contributed by atoms with Crippen LogP contribution >= 0.6 is 11.8 Å². The molecule has 1 aromatic carbocycles. The lowest BCUT2D eigenvalue weighted by atomic mass is 9.96. The normalized spacial score (nSPS) is 10.1. The molecule has 2 heterocycles. The highest BCUT2D eigenvalue weighted by molar-refractivity contribution is 7.99. The maximum atomic E-state index is 12.1. The van der Waals surface area contributed by atoms with Crippen molar-refractivity contribution in [1.29, 1.82) is 10.5 Å². The molecule has 3 aromatic rings. The Balaban J connectivity index is 1.83. The fraction of sp³-hybridized carbons (Fsp3) is 0.136. The van der Waals surface area contributed by atoms with Crippen molar-refractivity contribution >= 4 is 29.3 Å². The summed E-state index contributed by atoms with van der Waals surface area (Å²) in [6.07, 6.45) is 1.80. The average Bonchev–Trinajstić information content (AvgIpc) is 2.74. The first-order valence-corrected chi connectivity index (χ1v) is 10.1. The number of aromatic nitrogens is 2. The molecule has 3 rings (SSSR count). The molecule has 0 atom stereocenters. The zero-order chi connectivity index (χ0) is 21.5. The van der Waals surface area contributed by atoms with E-state index in [1.54, 1.807) is 24.4 Å². The zero-order valence-electron chi connectivity index (χ0n) is 16.2. The monoisotopic (exact) mass is 414 g/mol. The second-order valence-electron chi connectivity index (χ2n) is 6.38. The lowest BCUT2D eigenvalue weighted by Gasteiger charge is -2.13. The Morgan fingerprint density at radius 2 is 1.87 bits per heavy atom. The fourth-order valence-electron chi connectivity index (χ4n) is 2.79. The Kier molecular flexibility index (Phi) is 6.63. The van der Waals surface area contributed by atoms with Crippen molar-refractivity contribution in [1.82, 2.24) is 9.97 Å². The predicted octanol–water partition coefficient (Wildman–Crippen LogP) is 3.90. The highest BCUT2D eigenvalue weighted by atomic mass is 32.2. The van der Waals surface area contributed by atoms with Crippen LogP contribution in [0.4, 0.5) is 11.6 Å². The third-order valence-electron chi connectivity index (χ3n) is 4.26. The number of hydrogen-bond donors (Lipinski definition) is 2. The maximum Gasteiger partial charge on any atom is 0.226 e. The number of nitrogens with zero attached hydrogens (tertiary/aromatic N) is 4. The van der Waals surface area contributed by atoms with Gasteiger partial charge in [-0.15, -0.1) is 11.8 Å². The van der Waals surface area contributed by atoms with Crippen molar-refractivity contribution in [2.24, 2.45) is 0 Å². The molecule has 0 fully saturated rings. The molecule has 148 valence electrons. The quantitative estimate of drug-likeness (QED) is 0.585. The molecule has 0 spiro atoms. The molecule has 0 aliphatic heterocycles. The van der Waals surface area contributed by atoms with Crippen LogP contribution in [0.3, 0.4) is 0 Å². The largest absolute Gasteiger partial charge is 0.383 e. The molecular formula is C22H18N6OS. The van der Waals surface area contributed by atoms with E-state index in [2.05, 4.69) is 27.4 Å². The van der Waals surface area contributed by atoms with Gasteiger partial charge in [-0.1, -0.05) is 35.9 Å². The summed E-state index contributed by atoms with van der Waals surface area (Å²) in [5.74, 6) is 0.735. The van der Waals surface area contributed by atoms with E-state index >= 15 is 0 Å². The molecule has 0 saturated carbocycles. The molecular weight excluding hydrogens is 396 g/mol. The Hall–Kier alpha value is -3.88. The highest BCUT2D eigenvalue weighted by Gasteiger charge is 2.20. The van der Waals surface area contributed by atoms with Gasteiger partial charge in [0.15, 0.2) is 0 Å². The lowest BCUT2D eigenvalue weighted by Crippen LogP contribution is -2.13. The number of anilines is 2. The first-order valence-electron chi connectivity index (χ1n) is 9.08. The summed E-state index contributed by atoms with van der Waals surface area (Å²) >= 11 is 1.25. The van der Waals surface area contributed by atoms with E-state index in [-0.39, 0.29) is 29.3 Å². The van der Waals surface area contributed by atoms with Crippen LogP contribution in [-0.2, 0) is 4.79 Å². The van der Waals surface area contributed by atoms with E-state index in [0.29, 0.717) is 22.2 Å². The number of aryl methyl sites for hydroxylation is 1. The maximum absolute atomic E-state index is 12.1. The van der Waals surface area contributed by atoms with Crippen molar-refractivity contribution < 1.29 is 4.79 Å². The number of amides is 1. The minimum atomic E-state index is -0.194. The Labute approximate surface area is 178 Å². The summed E-state index contributed by atoms with van der Waals surface area (Å²) in [7, 11) is 0. The minimum Gasteiger partial charge on any atom is -0.383 e. The summed E-state index contributed by atoms with van der Waals surface area (Å²) in [6.45, 7) is 1.96. The second kappa shape index (κ2) is 9.55. The average molecular weight is 414 g/mol. The number of pyridine rings is 2. The second-order valence-corrected chi connectivity index (χ2v) is 7.46. The number of hydrogen-bond acceptors (Lipinski definition) is 7. The SMILES string of the molecule is Cc1ccc(-c2c(C#N)c(N)nc(SCCC(=O)Nc3ccccn3)c2C#N)cc1. The Morgan fingerprint density at radius 3 is 2.50 bits per heavy atom. The molecule has 0 saturated heterocycles. The third-order valence-corrected chi connectivity index (χ3v) is 5.23. The van der Waals surface area contributed by atoms with Crippen LogP contribution in [0.25, 0.3) is 11.1 Å². The molecule has 0 bridgehead atoms. The van der Waals surface area contributed by atoms with E-state index in [9.17, 15) is 15.3 Å². The van der Waals surface area contributed by atoms with Gasteiger partial charge in [0.1, 0.15) is 34.4 Å². The van der Waals surface area contributed by atoms with Gasteiger partial charge in [0.25, 0.3) is 0 Å². The third kappa shape index (κ3) is 4.75. The number of benzene rings is 1. The van der Waals surface area contributed by atoms with Crippen molar-refractivity contribution in [2.75, 3.05) is 16.8 Å². The number of nitrogens with two attached hydrogens (primary N) is 1. The molecule has 30 heavy (non-hydrogen) atoms. The topological polar surface area (TPSA) is 128 Å². The van der Waals surface area contributed by atoms with Gasteiger partial charge >= 0.3 is 0 Å². The number of carbonyl (C=O) groups excluding carboxylic acids is 1. The molecule has 0 aliphatic carbocycles. The van der Waals surface area contributed by atoms with Crippen LogP contribution in [0.15, 0.2) is 53.7 Å². The summed E-state index contributed by atoms with van der Waals surface area (Å²) in [4.78, 5) is 20.4. The molecule has 7 nitrogen and oxygen atoms in total. The zero-order valence-corrected chi connectivity index (χ0v) is 17.0. The number of thioether (sulfide) groups is 1. The molecule has 2 aromatic heterocycles. The number of rotatable bonds is 6. The molecule has 0 radical (unpaired) electrons. The van der Waals surface area contributed by atoms with Gasteiger partial charge in [0.05, 0.1) is 5.56 Å². The number of nitriles is 2. The van der Waals surface area contributed by atoms with E-state index in [1.165, 1.54) is 11.8 Å². The summed E-state index contributed by atoms with van der Waals surface area (Å²) in [5.41, 5.74) is 8.71. The van der Waals surface area contributed by atoms with Gasteiger partial charge in [-0.2, -0.15) is 10.5 Å². The van der Waals surface area contributed by atoms with Crippen LogP contribution in [0, 0.1) is 29.6 Å². The fourth-order valence-corrected chi connectivity index (χ4v) is 3.73. The first kappa shape index (κ1) is 20.8. The smallest absolute Gasteiger partial charge is 0.226 e. The number of carbonyl (C=O) groups is 1. The van der Waals surface area contributed by atoms with E-state index < -0.39 is 0 Å². The van der Waals surface area contributed by atoms with Gasteiger partial charge in [0.2, 0.25) is 5.91 Å². The van der Waals surface area contributed by atoms with Crippen LogP contribution in [0.2, 0.25) is 0 Å². The Bertz CT molecular complexity index is 1150. The van der Waals surface area contributed by atoms with Crippen molar-refractivity contribution in [3.8, 4) is 23.3 Å². The van der Waals surface area contributed by atoms with Gasteiger partial charge in [-0.05, 0) is 24.6 Å². The van der Waals surface area contributed by atoms with E-state index in [4.69, 9.17) is 5.73 Å². The van der Waals surface area contributed by atoms with Crippen molar-refractivity contribution in [2.45, 2.75) is 18.4 Å². The molecule has 3 N–H and O–H groups in total. The first-order chi connectivity index (χ1) is 14.5. The summed E-state index contributed by atoms with van der Waals surface area (Å²) in [5, 5.41) is 22.5. The van der Waals surface area contributed by atoms with Crippen LogP contribution in [-0.4, -0.2) is 21.6 Å². The van der Waals surface area contributed by atoms with E-state index in [1.807, 2.05) is 31.2 Å². The summed E-state index contributed by atoms with van der Waals surface area (Å²) < 4.78 is 0. The minimum absolute atomic E-state index is 0.0625. The highest BCUT2D eigenvalue weighted by Crippen LogP contribution is 2.35. The Morgan fingerprint density at radius 1 is 1.13 bits per heavy atom. The number of nitrogen functional groups attached to an aromatic ring is 1. The van der Waals surface area contributed by atoms with Crippen LogP contribution in [0.5, 0.6) is 0 Å². The van der Waals surface area contributed by atoms with Crippen molar-refractivity contribution in [3.63, 3.8) is 0 Å². The van der Waals surface area contributed by atoms with Crippen molar-refractivity contribution in [3.05, 3.63) is 65.4 Å². The number of nitrogens with one attached hydrogen (secondary N) is 1.